The van der Waals surface area contributed by atoms with Gasteiger partial charge in [0.25, 0.3) is 5.91 Å². The van der Waals surface area contributed by atoms with Gasteiger partial charge in [-0.1, -0.05) is 0 Å². The average Bonchev–Trinajstić information content (AvgIpc) is 2.74. The summed E-state index contributed by atoms with van der Waals surface area (Å²) in [5, 5.41) is 2.83. The molecule has 9 heteroatoms. The summed E-state index contributed by atoms with van der Waals surface area (Å²) >= 11 is 0. The fourth-order valence-electron chi connectivity index (χ4n) is 2.43. The van der Waals surface area contributed by atoms with Gasteiger partial charge in [0, 0.05) is 18.2 Å². The SMILES string of the molecule is NC[C@@H](C=O)Nc1cc(C(N)=O)nc(-c2ccc(Oc3ccc(F)cc3)cc2)n1. The van der Waals surface area contributed by atoms with Crippen molar-refractivity contribution in [3.63, 3.8) is 0 Å². The molecule has 1 aromatic heterocycles. The maximum atomic E-state index is 13.0. The van der Waals surface area contributed by atoms with E-state index < -0.39 is 11.9 Å². The summed E-state index contributed by atoms with van der Waals surface area (Å²) in [5.74, 6) is 0.406. The van der Waals surface area contributed by atoms with Crippen molar-refractivity contribution in [2.24, 2.45) is 11.5 Å². The standard InChI is InChI=1S/C20H18FN5O3/c21-13-3-7-16(8-4-13)29-15-5-1-12(2-6-15)20-25-17(19(23)28)9-18(26-20)24-14(10-22)11-27/h1-9,11,14H,10,22H2,(H2,23,28)(H,24,25,26)/t14-/m0/s1. The minimum absolute atomic E-state index is 0.00851. The molecule has 0 unspecified atom stereocenters. The molecular formula is C20H18FN5O3. The first kappa shape index (κ1) is 19.9. The van der Waals surface area contributed by atoms with Crippen LogP contribution < -0.4 is 21.5 Å². The van der Waals surface area contributed by atoms with Crippen molar-refractivity contribution in [2.45, 2.75) is 6.04 Å². The molecule has 0 radical (unpaired) electrons. The van der Waals surface area contributed by atoms with Crippen LogP contribution in [0, 0.1) is 5.82 Å². The Hall–Kier alpha value is -3.85. The number of nitrogens with zero attached hydrogens (tertiary/aromatic N) is 2. The molecule has 0 aliphatic carbocycles. The third-order valence-electron chi connectivity index (χ3n) is 3.89. The van der Waals surface area contributed by atoms with E-state index in [0.29, 0.717) is 23.3 Å². The van der Waals surface area contributed by atoms with Crippen molar-refractivity contribution >= 4 is 18.0 Å². The van der Waals surface area contributed by atoms with E-state index in [4.69, 9.17) is 16.2 Å². The number of carbonyl (C=O) groups excluding carboxylic acids is 2. The predicted molar refractivity (Wildman–Crippen MR) is 105 cm³/mol. The molecule has 0 saturated carbocycles. The molecule has 2 aromatic carbocycles. The van der Waals surface area contributed by atoms with Crippen molar-refractivity contribution in [1.82, 2.24) is 9.97 Å². The number of rotatable bonds is 8. The number of anilines is 1. The third-order valence-corrected chi connectivity index (χ3v) is 3.89. The van der Waals surface area contributed by atoms with E-state index in [2.05, 4.69) is 15.3 Å². The lowest BCUT2D eigenvalue weighted by molar-refractivity contribution is -0.108. The van der Waals surface area contributed by atoms with E-state index in [1.165, 1.54) is 30.3 Å². The molecule has 0 bridgehead atoms. The molecule has 0 saturated heterocycles. The molecule has 1 amide bonds. The molecule has 3 aromatic rings. The van der Waals surface area contributed by atoms with Gasteiger partial charge in [-0.2, -0.15) is 0 Å². The van der Waals surface area contributed by atoms with E-state index >= 15 is 0 Å². The van der Waals surface area contributed by atoms with Gasteiger partial charge in [-0.25, -0.2) is 14.4 Å². The average molecular weight is 395 g/mol. The van der Waals surface area contributed by atoms with E-state index in [1.807, 2.05) is 0 Å². The van der Waals surface area contributed by atoms with Gasteiger partial charge in [-0.05, 0) is 48.5 Å². The number of hydrogen-bond donors (Lipinski definition) is 3. The van der Waals surface area contributed by atoms with Crippen LogP contribution in [0.15, 0.2) is 54.6 Å². The van der Waals surface area contributed by atoms with E-state index in [9.17, 15) is 14.0 Å². The van der Waals surface area contributed by atoms with Crippen LogP contribution in [0.1, 0.15) is 10.5 Å². The second-order valence-corrected chi connectivity index (χ2v) is 6.03. The molecule has 8 nitrogen and oxygen atoms in total. The Morgan fingerprint density at radius 2 is 1.72 bits per heavy atom. The van der Waals surface area contributed by atoms with E-state index in [0.717, 1.165) is 0 Å². The summed E-state index contributed by atoms with van der Waals surface area (Å²) in [7, 11) is 0. The minimum atomic E-state index is -0.733. The fourth-order valence-corrected chi connectivity index (χ4v) is 2.43. The largest absolute Gasteiger partial charge is 0.457 e. The quantitative estimate of drug-likeness (QED) is 0.497. The van der Waals surface area contributed by atoms with Gasteiger partial charge in [-0.3, -0.25) is 4.79 Å². The summed E-state index contributed by atoms with van der Waals surface area (Å²) in [6.45, 7) is 0.0597. The van der Waals surface area contributed by atoms with Crippen LogP contribution in [0.3, 0.4) is 0 Å². The molecule has 5 N–H and O–H groups in total. The van der Waals surface area contributed by atoms with Crippen LogP contribution >= 0.6 is 0 Å². The number of primary amides is 1. The summed E-state index contributed by atoms with van der Waals surface area (Å²) in [4.78, 5) is 31.1. The second kappa shape index (κ2) is 8.89. The highest BCUT2D eigenvalue weighted by Gasteiger charge is 2.13. The zero-order valence-corrected chi connectivity index (χ0v) is 15.2. The first-order chi connectivity index (χ1) is 14.0. The first-order valence-electron chi connectivity index (χ1n) is 8.63. The normalized spacial score (nSPS) is 11.5. The number of aromatic nitrogens is 2. The smallest absolute Gasteiger partial charge is 0.267 e. The third kappa shape index (κ3) is 5.11. The van der Waals surface area contributed by atoms with Crippen LogP contribution in [-0.2, 0) is 4.79 Å². The Kier molecular flexibility index (Phi) is 6.10. The lowest BCUT2D eigenvalue weighted by atomic mass is 10.2. The van der Waals surface area contributed by atoms with Crippen molar-refractivity contribution in [3.05, 3.63) is 66.1 Å². The first-order valence-corrected chi connectivity index (χ1v) is 8.63. The Labute approximate surface area is 165 Å². The number of ether oxygens (including phenoxy) is 1. The molecule has 148 valence electrons. The molecule has 1 atom stereocenters. The van der Waals surface area contributed by atoms with E-state index in [-0.39, 0.29) is 29.7 Å². The zero-order valence-electron chi connectivity index (χ0n) is 15.2. The number of benzene rings is 2. The molecule has 0 spiro atoms. The maximum absolute atomic E-state index is 13.0. The highest BCUT2D eigenvalue weighted by molar-refractivity contribution is 5.92. The van der Waals surface area contributed by atoms with Crippen molar-refractivity contribution in [1.29, 1.82) is 0 Å². The topological polar surface area (TPSA) is 133 Å². The number of carbonyl (C=O) groups is 2. The molecule has 0 aliphatic rings. The number of amides is 1. The summed E-state index contributed by atoms with van der Waals surface area (Å²) in [6.07, 6.45) is 0.646. The summed E-state index contributed by atoms with van der Waals surface area (Å²) in [6, 6.07) is 13.1. The highest BCUT2D eigenvalue weighted by atomic mass is 19.1. The zero-order chi connectivity index (χ0) is 20.8. The van der Waals surface area contributed by atoms with Gasteiger partial charge in [0.2, 0.25) is 0 Å². The number of nitrogens with one attached hydrogen (secondary N) is 1. The van der Waals surface area contributed by atoms with Gasteiger partial charge in [0.15, 0.2) is 5.82 Å². The number of halogens is 1. The van der Waals surface area contributed by atoms with Crippen LogP contribution in [0.2, 0.25) is 0 Å². The molecule has 29 heavy (non-hydrogen) atoms. The van der Waals surface area contributed by atoms with Crippen LogP contribution in [-0.4, -0.2) is 34.7 Å². The fraction of sp³-hybridized carbons (Fsp3) is 0.100. The lowest BCUT2D eigenvalue weighted by Gasteiger charge is -2.13. The van der Waals surface area contributed by atoms with Crippen molar-refractivity contribution in [3.8, 4) is 22.9 Å². The Morgan fingerprint density at radius 1 is 1.10 bits per heavy atom. The van der Waals surface area contributed by atoms with Gasteiger partial charge < -0.3 is 26.3 Å². The predicted octanol–water partition coefficient (Wildman–Crippen LogP) is 2.11. The molecule has 1 heterocycles. The van der Waals surface area contributed by atoms with Crippen LogP contribution in [0.5, 0.6) is 11.5 Å². The number of nitrogens with two attached hydrogens (primary N) is 2. The Morgan fingerprint density at radius 3 is 2.28 bits per heavy atom. The molecule has 0 fully saturated rings. The monoisotopic (exact) mass is 395 g/mol. The Bertz CT molecular complexity index is 1010. The minimum Gasteiger partial charge on any atom is -0.457 e. The molecule has 0 aliphatic heterocycles. The van der Waals surface area contributed by atoms with Crippen LogP contribution in [0.25, 0.3) is 11.4 Å². The van der Waals surface area contributed by atoms with Gasteiger partial charge in [0.05, 0.1) is 6.04 Å². The van der Waals surface area contributed by atoms with Crippen LogP contribution in [0.4, 0.5) is 10.2 Å². The molecule has 3 rings (SSSR count). The molecular weight excluding hydrogens is 377 g/mol. The summed E-state index contributed by atoms with van der Waals surface area (Å²) < 4.78 is 18.6. The Balaban J connectivity index is 1.86. The number of hydrogen-bond acceptors (Lipinski definition) is 7. The lowest BCUT2D eigenvalue weighted by Crippen LogP contribution is -2.30. The second-order valence-electron chi connectivity index (χ2n) is 6.03. The maximum Gasteiger partial charge on any atom is 0.267 e. The van der Waals surface area contributed by atoms with Gasteiger partial charge in [-0.15, -0.1) is 0 Å². The van der Waals surface area contributed by atoms with Gasteiger partial charge in [0.1, 0.15) is 35.1 Å². The van der Waals surface area contributed by atoms with Crippen molar-refractivity contribution in [2.75, 3.05) is 11.9 Å². The van der Waals surface area contributed by atoms with Crippen molar-refractivity contribution < 1.29 is 18.7 Å². The number of aldehydes is 1. The van der Waals surface area contributed by atoms with E-state index in [1.54, 1.807) is 24.3 Å². The summed E-state index contributed by atoms with van der Waals surface area (Å²) in [5.41, 5.74) is 11.4. The highest BCUT2D eigenvalue weighted by Crippen LogP contribution is 2.25. The van der Waals surface area contributed by atoms with Gasteiger partial charge >= 0.3 is 0 Å².